The van der Waals surface area contributed by atoms with Gasteiger partial charge < -0.3 is 4.55 Å². The van der Waals surface area contributed by atoms with Crippen molar-refractivity contribution in [1.29, 1.82) is 0 Å². The van der Waals surface area contributed by atoms with Gasteiger partial charge in [0, 0.05) is 12.6 Å². The van der Waals surface area contributed by atoms with Crippen LogP contribution < -0.4 is 4.41 Å². The van der Waals surface area contributed by atoms with Crippen molar-refractivity contribution in [2.75, 3.05) is 4.41 Å². The van der Waals surface area contributed by atoms with Gasteiger partial charge in [0.25, 0.3) is 0 Å². The average Bonchev–Trinajstić information content (AvgIpc) is 2.17. The van der Waals surface area contributed by atoms with Crippen LogP contribution in [0.5, 0.6) is 0 Å². The Hall–Kier alpha value is -1.20. The van der Waals surface area contributed by atoms with Gasteiger partial charge in [-0.3, -0.25) is 4.21 Å². The Balaban J connectivity index is 2.48. The third kappa shape index (κ3) is 1.48. The number of rotatable bonds is 1. The lowest BCUT2D eigenvalue weighted by Crippen LogP contribution is -2.23. The van der Waals surface area contributed by atoms with Gasteiger partial charge in [0.15, 0.2) is 0 Å². The number of fused-ring (bicyclic) bond motifs is 1. The molecule has 1 aliphatic heterocycles. The van der Waals surface area contributed by atoms with Gasteiger partial charge in [0.2, 0.25) is 0 Å². The van der Waals surface area contributed by atoms with E-state index in [9.17, 15) is 8.76 Å². The first-order valence-electron chi connectivity index (χ1n) is 3.79. The zero-order chi connectivity index (χ0) is 9.26. The first-order chi connectivity index (χ1) is 6.29. The van der Waals surface area contributed by atoms with E-state index in [-0.39, 0.29) is 0 Å². The molecule has 1 unspecified atom stereocenters. The molecule has 0 saturated carbocycles. The average molecular weight is 195 g/mol. The Morgan fingerprint density at radius 3 is 3.00 bits per heavy atom. The predicted octanol–water partition coefficient (Wildman–Crippen LogP) is 0.829. The summed E-state index contributed by atoms with van der Waals surface area (Å²) in [5, 5.41) is 3.77. The van der Waals surface area contributed by atoms with Gasteiger partial charge in [-0.2, -0.15) is 9.52 Å². The van der Waals surface area contributed by atoms with Crippen molar-refractivity contribution < 1.29 is 8.76 Å². The van der Waals surface area contributed by atoms with Crippen molar-refractivity contribution >= 4 is 23.2 Å². The fraction of sp³-hybridized carbons (Fsp3) is 0.125. The number of hydrazone groups is 1. The molecular weight excluding hydrogens is 188 g/mol. The summed E-state index contributed by atoms with van der Waals surface area (Å²) >= 11 is -2.33. The Kier molecular flexibility index (Phi) is 2.12. The highest BCUT2D eigenvalue weighted by molar-refractivity contribution is 7.80. The van der Waals surface area contributed by atoms with E-state index in [0.29, 0.717) is 12.1 Å². The lowest BCUT2D eigenvalue weighted by molar-refractivity contribution is 0.533. The van der Waals surface area contributed by atoms with Crippen molar-refractivity contribution in [2.24, 2.45) is 5.10 Å². The molecule has 1 aromatic rings. The van der Waals surface area contributed by atoms with Crippen molar-refractivity contribution in [1.82, 2.24) is 0 Å². The minimum absolute atomic E-state index is 0.637. The molecule has 0 aromatic heterocycles. The molecule has 0 amide bonds. The summed E-state index contributed by atoms with van der Waals surface area (Å²) in [5.41, 5.74) is 1.61. The third-order valence-electron chi connectivity index (χ3n) is 1.84. The smallest absolute Gasteiger partial charge is 0.0773 e. The highest BCUT2D eigenvalue weighted by Crippen LogP contribution is 2.24. The number of anilines is 1. The number of nitrogens with zero attached hydrogens (tertiary/aromatic N) is 2. The summed E-state index contributed by atoms with van der Waals surface area (Å²) in [4.78, 5) is 0. The van der Waals surface area contributed by atoms with Gasteiger partial charge in [-0.15, -0.1) is 0 Å². The molecule has 1 aromatic carbocycles. The van der Waals surface area contributed by atoms with Gasteiger partial charge >= 0.3 is 0 Å². The van der Waals surface area contributed by atoms with Crippen LogP contribution in [0.2, 0.25) is 0 Å². The van der Waals surface area contributed by atoms with Crippen molar-refractivity contribution in [3.63, 3.8) is 0 Å². The minimum Gasteiger partial charge on any atom is -0.754 e. The van der Waals surface area contributed by atoms with Crippen molar-refractivity contribution in [3.8, 4) is 0 Å². The van der Waals surface area contributed by atoms with Crippen LogP contribution in [0.15, 0.2) is 29.4 Å². The topological polar surface area (TPSA) is 55.7 Å². The molecule has 0 bridgehead atoms. The summed E-state index contributed by atoms with van der Waals surface area (Å²) in [6.07, 6.45) is 2.27. The van der Waals surface area contributed by atoms with Crippen LogP contribution >= 0.6 is 0 Å². The lowest BCUT2D eigenvalue weighted by Gasteiger charge is -2.25. The van der Waals surface area contributed by atoms with Gasteiger partial charge in [-0.1, -0.05) is 18.2 Å². The summed E-state index contributed by atoms with van der Waals surface area (Å²) in [6.45, 7) is 0. The molecule has 2 rings (SSSR count). The highest BCUT2D eigenvalue weighted by atomic mass is 32.2. The Labute approximate surface area is 78.3 Å². The molecule has 0 radical (unpaired) electrons. The molecule has 1 aliphatic rings. The maximum atomic E-state index is 10.7. The first kappa shape index (κ1) is 8.40. The van der Waals surface area contributed by atoms with Gasteiger partial charge in [-0.05, 0) is 11.6 Å². The van der Waals surface area contributed by atoms with Gasteiger partial charge in [-0.25, -0.2) is 0 Å². The molecule has 68 valence electrons. The van der Waals surface area contributed by atoms with Crippen molar-refractivity contribution in [2.45, 2.75) is 6.42 Å². The van der Waals surface area contributed by atoms with Crippen LogP contribution in [0.1, 0.15) is 5.56 Å². The molecule has 0 spiro atoms. The van der Waals surface area contributed by atoms with Crippen LogP contribution in [0, 0.1) is 0 Å². The molecule has 0 fully saturated rings. The van der Waals surface area contributed by atoms with E-state index in [1.165, 1.54) is 0 Å². The van der Waals surface area contributed by atoms with Crippen molar-refractivity contribution in [3.05, 3.63) is 29.8 Å². The monoisotopic (exact) mass is 195 g/mol. The molecule has 13 heavy (non-hydrogen) atoms. The summed E-state index contributed by atoms with van der Waals surface area (Å²) in [5.74, 6) is 0. The fourth-order valence-electron chi connectivity index (χ4n) is 1.26. The molecule has 0 N–H and O–H groups in total. The van der Waals surface area contributed by atoms with E-state index in [2.05, 4.69) is 5.10 Å². The van der Waals surface area contributed by atoms with Crippen LogP contribution in [0.25, 0.3) is 0 Å². The van der Waals surface area contributed by atoms with E-state index in [1.807, 2.05) is 12.1 Å². The minimum atomic E-state index is -2.33. The second-order valence-corrected chi connectivity index (χ2v) is 3.40. The van der Waals surface area contributed by atoms with Gasteiger partial charge in [0.05, 0.1) is 17.0 Å². The Bertz CT molecular complexity index is 378. The molecular formula is C8H7N2O2S-. The molecule has 0 saturated heterocycles. The summed E-state index contributed by atoms with van der Waals surface area (Å²) in [6, 6.07) is 7.30. The van der Waals surface area contributed by atoms with E-state index in [0.717, 1.165) is 9.98 Å². The predicted molar refractivity (Wildman–Crippen MR) is 50.0 cm³/mol. The SMILES string of the molecule is O=S([O-])N1N=CCc2ccccc21. The van der Waals surface area contributed by atoms with Crippen LogP contribution in [-0.4, -0.2) is 15.0 Å². The Morgan fingerprint density at radius 1 is 1.46 bits per heavy atom. The van der Waals surface area contributed by atoms with E-state index in [1.54, 1.807) is 18.3 Å². The van der Waals surface area contributed by atoms with Crippen LogP contribution in [0.4, 0.5) is 5.69 Å². The van der Waals surface area contributed by atoms with E-state index >= 15 is 0 Å². The van der Waals surface area contributed by atoms with E-state index < -0.39 is 11.3 Å². The lowest BCUT2D eigenvalue weighted by atomic mass is 10.1. The number of para-hydroxylation sites is 1. The number of hydrogen-bond donors (Lipinski definition) is 0. The van der Waals surface area contributed by atoms with Crippen LogP contribution in [-0.2, 0) is 17.7 Å². The third-order valence-corrected chi connectivity index (χ3v) is 2.41. The fourth-order valence-corrected chi connectivity index (χ4v) is 1.75. The van der Waals surface area contributed by atoms with E-state index in [4.69, 9.17) is 0 Å². The summed E-state index contributed by atoms with van der Waals surface area (Å²) < 4.78 is 22.4. The molecule has 1 heterocycles. The number of benzene rings is 1. The quantitative estimate of drug-likeness (QED) is 0.623. The largest absolute Gasteiger partial charge is 0.754 e. The molecule has 4 nitrogen and oxygen atoms in total. The second-order valence-electron chi connectivity index (χ2n) is 2.62. The highest BCUT2D eigenvalue weighted by Gasteiger charge is 2.12. The zero-order valence-corrected chi connectivity index (χ0v) is 7.53. The second kappa shape index (κ2) is 3.27. The summed E-state index contributed by atoms with van der Waals surface area (Å²) in [7, 11) is 0. The molecule has 1 atom stereocenters. The number of hydrogen-bond acceptors (Lipinski definition) is 3. The van der Waals surface area contributed by atoms with Gasteiger partial charge in [0.1, 0.15) is 0 Å². The molecule has 0 aliphatic carbocycles. The maximum Gasteiger partial charge on any atom is 0.0773 e. The molecule has 5 heteroatoms. The Morgan fingerprint density at radius 2 is 2.23 bits per heavy atom. The first-order valence-corrected chi connectivity index (χ1v) is 4.82. The zero-order valence-electron chi connectivity index (χ0n) is 6.71. The maximum absolute atomic E-state index is 10.7. The standard InChI is InChI=1S/C8H8N2O2S/c11-13(12)10-8-4-2-1-3-7(8)5-6-9-10/h1-4,6H,5H2,(H,11,12)/p-1. The van der Waals surface area contributed by atoms with Crippen LogP contribution in [0.3, 0.4) is 0 Å². The normalized spacial score (nSPS) is 16.8.